The Labute approximate surface area is 307 Å². The second kappa shape index (κ2) is 12.1. The van der Waals surface area contributed by atoms with E-state index in [0.29, 0.717) is 0 Å². The summed E-state index contributed by atoms with van der Waals surface area (Å²) in [5.74, 6) is 1.01. The summed E-state index contributed by atoms with van der Waals surface area (Å²) < 4.78 is 2.29. The predicted octanol–water partition coefficient (Wildman–Crippen LogP) is 12.9. The summed E-state index contributed by atoms with van der Waals surface area (Å²) in [5.41, 5.74) is 13.6. The van der Waals surface area contributed by atoms with Crippen LogP contribution in [-0.2, 0) is 16.2 Å². The molecule has 4 aromatic carbocycles. The van der Waals surface area contributed by atoms with E-state index < -0.39 is 0 Å². The molecule has 8 rings (SSSR count). The fourth-order valence-electron chi connectivity index (χ4n) is 7.23. The lowest BCUT2D eigenvalue weighted by Gasteiger charge is -2.26. The number of para-hydroxylation sites is 1. The maximum atomic E-state index is 5.49. The normalized spacial score (nSPS) is 12.7. The molecule has 0 unspecified atom stereocenters. The van der Waals surface area contributed by atoms with E-state index in [1.54, 1.807) is 0 Å². The Bertz CT molecular complexity index is 2580. The molecule has 52 heavy (non-hydrogen) atoms. The highest BCUT2D eigenvalue weighted by Gasteiger charge is 2.23. The van der Waals surface area contributed by atoms with Crippen LogP contribution in [0.15, 0.2) is 121 Å². The molecule has 4 heteroatoms. The average molecular weight is 681 g/mol. The highest BCUT2D eigenvalue weighted by atomic mass is 15.1. The van der Waals surface area contributed by atoms with E-state index in [4.69, 9.17) is 9.97 Å². The third-order valence-electron chi connectivity index (χ3n) is 10.4. The lowest BCUT2D eigenvalue weighted by atomic mass is 9.78. The molecule has 0 bridgehead atoms. The van der Waals surface area contributed by atoms with Gasteiger partial charge in [-0.1, -0.05) is 111 Å². The van der Waals surface area contributed by atoms with Crippen molar-refractivity contribution in [2.45, 2.75) is 78.6 Å². The number of aromatic nitrogens is 4. The van der Waals surface area contributed by atoms with Gasteiger partial charge < -0.3 is 4.98 Å². The minimum Gasteiger partial charge on any atom is -0.341 e. The SMILES string of the molecule is CC(C)(C)c1cc(-c2cc(-c3ccccn3)cc(-c3ccc4c5ccccc5n(-c5cc6cc(C(C)(C)C)ccc6[nH]5)c4n3)c2)cc(C(C)(C)C)c1. The first-order chi connectivity index (χ1) is 24.6. The number of aromatic amines is 1. The van der Waals surface area contributed by atoms with Crippen molar-refractivity contribution in [3.05, 3.63) is 138 Å². The molecule has 4 aromatic heterocycles. The summed E-state index contributed by atoms with van der Waals surface area (Å²) in [6, 6.07) is 42.1. The molecule has 0 aliphatic heterocycles. The van der Waals surface area contributed by atoms with E-state index in [1.807, 2.05) is 12.3 Å². The molecule has 260 valence electrons. The summed E-state index contributed by atoms with van der Waals surface area (Å²) in [6.07, 6.45) is 1.87. The maximum Gasteiger partial charge on any atom is 0.147 e. The van der Waals surface area contributed by atoms with Gasteiger partial charge in [-0.3, -0.25) is 9.55 Å². The van der Waals surface area contributed by atoms with Gasteiger partial charge >= 0.3 is 0 Å². The highest BCUT2D eigenvalue weighted by molar-refractivity contribution is 6.08. The molecule has 0 aliphatic rings. The van der Waals surface area contributed by atoms with E-state index in [1.165, 1.54) is 33.0 Å². The van der Waals surface area contributed by atoms with Gasteiger partial charge in [0.15, 0.2) is 0 Å². The van der Waals surface area contributed by atoms with Gasteiger partial charge in [-0.05, 0) is 111 Å². The van der Waals surface area contributed by atoms with Gasteiger partial charge in [0, 0.05) is 39.0 Å². The predicted molar refractivity (Wildman–Crippen MR) is 221 cm³/mol. The van der Waals surface area contributed by atoms with Crippen LogP contribution in [0.3, 0.4) is 0 Å². The lowest BCUT2D eigenvalue weighted by Crippen LogP contribution is -2.16. The summed E-state index contributed by atoms with van der Waals surface area (Å²) in [4.78, 5) is 14.0. The molecule has 0 atom stereocenters. The summed E-state index contributed by atoms with van der Waals surface area (Å²) >= 11 is 0. The Balaban J connectivity index is 1.36. The van der Waals surface area contributed by atoms with E-state index in [0.717, 1.165) is 56.0 Å². The summed E-state index contributed by atoms with van der Waals surface area (Å²) in [6.45, 7) is 20.6. The molecule has 0 aliphatic carbocycles. The van der Waals surface area contributed by atoms with Crippen molar-refractivity contribution in [3.63, 3.8) is 0 Å². The van der Waals surface area contributed by atoms with Crippen molar-refractivity contribution in [3.8, 4) is 39.5 Å². The minimum absolute atomic E-state index is 0.00830. The van der Waals surface area contributed by atoms with Crippen LogP contribution in [0, 0.1) is 0 Å². The number of rotatable bonds is 4. The number of nitrogens with one attached hydrogen (secondary N) is 1. The smallest absolute Gasteiger partial charge is 0.147 e. The van der Waals surface area contributed by atoms with Crippen LogP contribution >= 0.6 is 0 Å². The first-order valence-electron chi connectivity index (χ1n) is 18.4. The Hall–Kier alpha value is -5.48. The Morgan fingerprint density at radius 2 is 1.13 bits per heavy atom. The number of hydrogen-bond donors (Lipinski definition) is 1. The first kappa shape index (κ1) is 33.7. The van der Waals surface area contributed by atoms with E-state index >= 15 is 0 Å². The minimum atomic E-state index is 0.00830. The van der Waals surface area contributed by atoms with Crippen LogP contribution < -0.4 is 0 Å². The Morgan fingerprint density at radius 3 is 1.81 bits per heavy atom. The molecule has 1 N–H and O–H groups in total. The zero-order valence-electron chi connectivity index (χ0n) is 31.9. The van der Waals surface area contributed by atoms with Crippen LogP contribution in [-0.4, -0.2) is 19.5 Å². The van der Waals surface area contributed by atoms with Crippen molar-refractivity contribution < 1.29 is 0 Å². The van der Waals surface area contributed by atoms with Gasteiger partial charge in [0.2, 0.25) is 0 Å². The molecular formula is C48H48N4. The Kier molecular flexibility index (Phi) is 7.80. The zero-order valence-corrected chi connectivity index (χ0v) is 31.9. The van der Waals surface area contributed by atoms with Crippen molar-refractivity contribution in [1.82, 2.24) is 19.5 Å². The number of nitrogens with zero attached hydrogens (tertiary/aromatic N) is 3. The molecule has 0 saturated heterocycles. The second-order valence-corrected chi connectivity index (χ2v) is 17.4. The molecule has 4 heterocycles. The van der Waals surface area contributed by atoms with Gasteiger partial charge in [0.05, 0.1) is 16.9 Å². The quantitative estimate of drug-likeness (QED) is 0.201. The molecule has 0 fully saturated rings. The topological polar surface area (TPSA) is 46.5 Å². The Morgan fingerprint density at radius 1 is 0.500 bits per heavy atom. The summed E-state index contributed by atoms with van der Waals surface area (Å²) in [5, 5.41) is 3.51. The van der Waals surface area contributed by atoms with Crippen LogP contribution in [0.4, 0.5) is 0 Å². The van der Waals surface area contributed by atoms with E-state index in [9.17, 15) is 0 Å². The van der Waals surface area contributed by atoms with Gasteiger partial charge in [0.25, 0.3) is 0 Å². The van der Waals surface area contributed by atoms with Gasteiger partial charge in [0.1, 0.15) is 11.5 Å². The molecular weight excluding hydrogens is 633 g/mol. The van der Waals surface area contributed by atoms with Crippen LogP contribution in [0.2, 0.25) is 0 Å². The fraction of sp³-hybridized carbons (Fsp3) is 0.250. The maximum absolute atomic E-state index is 5.49. The summed E-state index contributed by atoms with van der Waals surface area (Å²) in [7, 11) is 0. The molecule has 4 nitrogen and oxygen atoms in total. The molecule has 0 saturated carbocycles. The average Bonchev–Trinajstić information content (AvgIpc) is 3.68. The van der Waals surface area contributed by atoms with E-state index in [2.05, 4.69) is 181 Å². The monoisotopic (exact) mass is 680 g/mol. The highest BCUT2D eigenvalue weighted by Crippen LogP contribution is 2.39. The molecule has 0 spiro atoms. The van der Waals surface area contributed by atoms with Crippen molar-refractivity contribution in [1.29, 1.82) is 0 Å². The molecule has 8 aromatic rings. The largest absolute Gasteiger partial charge is 0.341 e. The van der Waals surface area contributed by atoms with Crippen LogP contribution in [0.1, 0.15) is 79.0 Å². The number of benzene rings is 4. The van der Waals surface area contributed by atoms with E-state index in [-0.39, 0.29) is 16.2 Å². The molecule has 0 amide bonds. The van der Waals surface area contributed by atoms with Crippen LogP contribution in [0.25, 0.3) is 72.3 Å². The molecule has 0 radical (unpaired) electrons. The third kappa shape index (κ3) is 6.11. The number of H-pyrrole nitrogens is 1. The van der Waals surface area contributed by atoms with Crippen molar-refractivity contribution in [2.75, 3.05) is 0 Å². The first-order valence-corrected chi connectivity index (χ1v) is 18.4. The van der Waals surface area contributed by atoms with Gasteiger partial charge in [-0.15, -0.1) is 0 Å². The second-order valence-electron chi connectivity index (χ2n) is 17.4. The number of hydrogen-bond acceptors (Lipinski definition) is 2. The number of fused-ring (bicyclic) bond motifs is 4. The van der Waals surface area contributed by atoms with Crippen molar-refractivity contribution >= 4 is 32.8 Å². The zero-order chi connectivity index (χ0) is 36.6. The van der Waals surface area contributed by atoms with Gasteiger partial charge in [-0.25, -0.2) is 4.98 Å². The van der Waals surface area contributed by atoms with Crippen molar-refractivity contribution in [2.24, 2.45) is 0 Å². The van der Waals surface area contributed by atoms with Crippen LogP contribution in [0.5, 0.6) is 0 Å². The number of pyridine rings is 2. The lowest BCUT2D eigenvalue weighted by molar-refractivity contribution is 0.569. The third-order valence-corrected chi connectivity index (χ3v) is 10.4. The van der Waals surface area contributed by atoms with Gasteiger partial charge in [-0.2, -0.15) is 0 Å². The fourth-order valence-corrected chi connectivity index (χ4v) is 7.23. The standard InChI is InChI=1S/C48H48N4/c1-46(2,3)35-17-19-41-34(27-35)28-44(50-41)52-43-16-11-10-14-38(43)39-18-20-42(51-45(39)52)33-23-30(22-32(24-33)40-15-12-13-21-49-40)31-25-36(47(4,5)6)29-37(26-31)48(7,8)9/h10-29,50H,1-9H3.